The second kappa shape index (κ2) is 8.02. The summed E-state index contributed by atoms with van der Waals surface area (Å²) >= 11 is 0. The normalized spacial score (nSPS) is 22.4. The largest absolute Gasteiger partial charge is 0.493 e. The van der Waals surface area contributed by atoms with Crippen LogP contribution < -0.4 is 9.47 Å². The van der Waals surface area contributed by atoms with Crippen molar-refractivity contribution in [3.8, 4) is 11.5 Å². The molecule has 3 heterocycles. The molecule has 1 spiro atoms. The Bertz CT molecular complexity index is 883. The zero-order valence-corrected chi connectivity index (χ0v) is 17.3. The molecule has 0 bridgehead atoms. The smallest absolute Gasteiger partial charge is 0.230 e. The lowest BCUT2D eigenvalue weighted by Gasteiger charge is -2.39. The highest BCUT2D eigenvalue weighted by atomic mass is 16.5. The number of hydrogen-bond acceptors (Lipinski definition) is 7. The van der Waals surface area contributed by atoms with E-state index in [1.165, 1.54) is 0 Å². The van der Waals surface area contributed by atoms with Gasteiger partial charge in [0.25, 0.3) is 0 Å². The first-order chi connectivity index (χ1) is 14.0. The Morgan fingerprint density at radius 2 is 2.03 bits per heavy atom. The molecular weight excluding hydrogens is 372 g/mol. The van der Waals surface area contributed by atoms with E-state index in [0.29, 0.717) is 36.3 Å². The van der Waals surface area contributed by atoms with E-state index in [1.807, 2.05) is 23.1 Å². The molecule has 2 aliphatic heterocycles. The third-order valence-corrected chi connectivity index (χ3v) is 6.04. The SMILES string of the molecule is COc1cccc(CN2CCC[C@@]3(CCN(Cc4noc(C)n4)C3)C2=O)c1OC. The molecule has 2 aromatic rings. The Balaban J connectivity index is 1.47. The summed E-state index contributed by atoms with van der Waals surface area (Å²) in [6.45, 7) is 5.32. The second-order valence-electron chi connectivity index (χ2n) is 7.95. The monoisotopic (exact) mass is 400 g/mol. The summed E-state index contributed by atoms with van der Waals surface area (Å²) < 4.78 is 16.0. The van der Waals surface area contributed by atoms with Gasteiger partial charge in [0.15, 0.2) is 17.3 Å². The Hall–Kier alpha value is -2.61. The molecule has 2 fully saturated rings. The number of methoxy groups -OCH3 is 2. The van der Waals surface area contributed by atoms with Crippen LogP contribution >= 0.6 is 0 Å². The van der Waals surface area contributed by atoms with Crippen molar-refractivity contribution in [2.45, 2.75) is 39.3 Å². The van der Waals surface area contributed by atoms with Gasteiger partial charge in [-0.25, -0.2) is 0 Å². The molecule has 1 amide bonds. The first kappa shape index (κ1) is 19.7. The summed E-state index contributed by atoms with van der Waals surface area (Å²) in [5, 5.41) is 3.99. The molecule has 1 aromatic heterocycles. The van der Waals surface area contributed by atoms with Crippen molar-refractivity contribution < 1.29 is 18.8 Å². The number of carbonyl (C=O) groups is 1. The van der Waals surface area contributed by atoms with E-state index in [2.05, 4.69) is 15.0 Å². The molecule has 2 aliphatic rings. The summed E-state index contributed by atoms with van der Waals surface area (Å²) in [5.41, 5.74) is 0.651. The summed E-state index contributed by atoms with van der Waals surface area (Å²) in [4.78, 5) is 22.0. The maximum Gasteiger partial charge on any atom is 0.230 e. The average Bonchev–Trinajstić information content (AvgIpc) is 3.32. The predicted octanol–water partition coefficient (Wildman–Crippen LogP) is 2.41. The third-order valence-electron chi connectivity index (χ3n) is 6.04. The minimum atomic E-state index is -0.316. The van der Waals surface area contributed by atoms with Crippen LogP contribution in [0.25, 0.3) is 0 Å². The van der Waals surface area contributed by atoms with Crippen LogP contribution in [0.1, 0.15) is 36.5 Å². The van der Waals surface area contributed by atoms with Gasteiger partial charge in [0.2, 0.25) is 11.8 Å². The Kier molecular flexibility index (Phi) is 5.45. The van der Waals surface area contributed by atoms with Crippen LogP contribution in [0.2, 0.25) is 0 Å². The van der Waals surface area contributed by atoms with E-state index >= 15 is 0 Å². The van der Waals surface area contributed by atoms with Gasteiger partial charge in [0.1, 0.15) is 0 Å². The fraction of sp³-hybridized carbons (Fsp3) is 0.571. The Labute approximate surface area is 170 Å². The highest BCUT2D eigenvalue weighted by molar-refractivity contribution is 5.84. The molecule has 0 aliphatic carbocycles. The summed E-state index contributed by atoms with van der Waals surface area (Å²) in [6.07, 6.45) is 2.81. The number of aromatic nitrogens is 2. The van der Waals surface area contributed by atoms with E-state index in [9.17, 15) is 4.79 Å². The average molecular weight is 400 g/mol. The summed E-state index contributed by atoms with van der Waals surface area (Å²) in [5.74, 6) is 2.87. The minimum Gasteiger partial charge on any atom is -0.493 e. The molecule has 4 rings (SSSR count). The molecule has 0 N–H and O–H groups in total. The highest BCUT2D eigenvalue weighted by Crippen LogP contribution is 2.41. The predicted molar refractivity (Wildman–Crippen MR) is 106 cm³/mol. The van der Waals surface area contributed by atoms with Gasteiger partial charge in [-0.05, 0) is 31.9 Å². The molecule has 0 radical (unpaired) electrons. The van der Waals surface area contributed by atoms with Crippen LogP contribution in [0.5, 0.6) is 11.5 Å². The van der Waals surface area contributed by atoms with Crippen LogP contribution in [-0.4, -0.2) is 59.7 Å². The molecule has 0 unspecified atom stereocenters. The van der Waals surface area contributed by atoms with Crippen LogP contribution in [0.4, 0.5) is 0 Å². The van der Waals surface area contributed by atoms with E-state index in [0.717, 1.165) is 44.5 Å². The van der Waals surface area contributed by atoms with Gasteiger partial charge < -0.3 is 18.9 Å². The number of carbonyl (C=O) groups excluding carboxylic acids is 1. The lowest BCUT2D eigenvalue weighted by atomic mass is 9.78. The molecule has 1 aromatic carbocycles. The maximum absolute atomic E-state index is 13.5. The van der Waals surface area contributed by atoms with E-state index in [-0.39, 0.29) is 11.3 Å². The first-order valence-electron chi connectivity index (χ1n) is 10.1. The van der Waals surface area contributed by atoms with Crippen LogP contribution in [0, 0.1) is 12.3 Å². The quantitative estimate of drug-likeness (QED) is 0.736. The van der Waals surface area contributed by atoms with Gasteiger partial charge in [-0.3, -0.25) is 9.69 Å². The molecule has 8 heteroatoms. The lowest BCUT2D eigenvalue weighted by molar-refractivity contribution is -0.146. The number of amides is 1. The number of likely N-dealkylation sites (tertiary alicyclic amines) is 2. The highest BCUT2D eigenvalue weighted by Gasteiger charge is 2.48. The molecule has 1 atom stereocenters. The summed E-state index contributed by atoms with van der Waals surface area (Å²) in [7, 11) is 3.26. The van der Waals surface area contributed by atoms with Gasteiger partial charge >= 0.3 is 0 Å². The van der Waals surface area contributed by atoms with Crippen LogP contribution in [0.15, 0.2) is 22.7 Å². The van der Waals surface area contributed by atoms with Crippen molar-refractivity contribution >= 4 is 5.91 Å². The van der Waals surface area contributed by atoms with Crippen molar-refractivity contribution in [1.82, 2.24) is 19.9 Å². The van der Waals surface area contributed by atoms with Crippen molar-refractivity contribution in [3.05, 3.63) is 35.5 Å². The molecule has 0 saturated carbocycles. The number of ether oxygens (including phenoxy) is 2. The van der Waals surface area contributed by atoms with Crippen LogP contribution in [-0.2, 0) is 17.9 Å². The van der Waals surface area contributed by atoms with Crippen molar-refractivity contribution in [3.63, 3.8) is 0 Å². The van der Waals surface area contributed by atoms with E-state index in [1.54, 1.807) is 21.1 Å². The number of aryl methyl sites for hydroxylation is 1. The fourth-order valence-corrected chi connectivity index (χ4v) is 4.66. The Morgan fingerprint density at radius 1 is 1.17 bits per heavy atom. The molecule has 29 heavy (non-hydrogen) atoms. The van der Waals surface area contributed by atoms with Gasteiger partial charge in [-0.15, -0.1) is 0 Å². The van der Waals surface area contributed by atoms with Gasteiger partial charge in [-0.1, -0.05) is 17.3 Å². The third kappa shape index (κ3) is 3.81. The number of rotatable bonds is 6. The fourth-order valence-electron chi connectivity index (χ4n) is 4.66. The number of piperidine rings is 1. The van der Waals surface area contributed by atoms with E-state index < -0.39 is 0 Å². The molecule has 156 valence electrons. The summed E-state index contributed by atoms with van der Waals surface area (Å²) in [6, 6.07) is 5.80. The van der Waals surface area contributed by atoms with Crippen molar-refractivity contribution in [1.29, 1.82) is 0 Å². The minimum absolute atomic E-state index is 0.236. The topological polar surface area (TPSA) is 80.9 Å². The molecule has 8 nitrogen and oxygen atoms in total. The Morgan fingerprint density at radius 3 is 2.76 bits per heavy atom. The van der Waals surface area contributed by atoms with Crippen molar-refractivity contribution in [2.75, 3.05) is 33.9 Å². The lowest BCUT2D eigenvalue weighted by Crippen LogP contribution is -2.49. The van der Waals surface area contributed by atoms with Gasteiger partial charge in [0.05, 0.1) is 26.2 Å². The van der Waals surface area contributed by atoms with E-state index in [4.69, 9.17) is 14.0 Å². The van der Waals surface area contributed by atoms with Gasteiger partial charge in [0, 0.05) is 32.1 Å². The van der Waals surface area contributed by atoms with Gasteiger partial charge in [-0.2, -0.15) is 4.98 Å². The first-order valence-corrected chi connectivity index (χ1v) is 10.1. The molecule has 2 saturated heterocycles. The standard InChI is InChI=1S/C21H28N4O4/c1-15-22-18(23-29-15)13-24-11-9-21(14-24)8-5-10-25(20(21)26)12-16-6-4-7-17(27-2)19(16)28-3/h4,6-7H,5,8-14H2,1-3H3/t21-/m0/s1. The number of para-hydroxylation sites is 1. The molecular formula is C21H28N4O4. The number of nitrogens with zero attached hydrogens (tertiary/aromatic N) is 4. The van der Waals surface area contributed by atoms with Crippen LogP contribution in [0.3, 0.4) is 0 Å². The number of hydrogen-bond donors (Lipinski definition) is 0. The van der Waals surface area contributed by atoms with Crippen molar-refractivity contribution in [2.24, 2.45) is 5.41 Å². The zero-order valence-electron chi connectivity index (χ0n) is 17.3. The maximum atomic E-state index is 13.5. The zero-order chi connectivity index (χ0) is 20.4. The second-order valence-corrected chi connectivity index (χ2v) is 7.95. The number of benzene rings is 1.